The molecule has 2 nitrogen and oxygen atoms in total. The zero-order valence-electron chi connectivity index (χ0n) is 11.6. The van der Waals surface area contributed by atoms with E-state index in [1.165, 1.54) is 0 Å². The summed E-state index contributed by atoms with van der Waals surface area (Å²) in [6, 6.07) is 6.77. The molecule has 0 unspecified atom stereocenters. The summed E-state index contributed by atoms with van der Waals surface area (Å²) < 4.78 is 26.4. The molecule has 0 saturated heterocycles. The number of benzene rings is 2. The van der Waals surface area contributed by atoms with Gasteiger partial charge in [-0.15, -0.1) is 0 Å². The first-order valence-electron chi connectivity index (χ1n) is 6.22. The van der Waals surface area contributed by atoms with E-state index >= 15 is 0 Å². The summed E-state index contributed by atoms with van der Waals surface area (Å²) in [5, 5.41) is 2.68. The van der Waals surface area contributed by atoms with E-state index in [2.05, 4.69) is 5.32 Å². The lowest BCUT2D eigenvalue weighted by molar-refractivity contribution is 0.102. The summed E-state index contributed by atoms with van der Waals surface area (Å²) in [6.45, 7) is 5.71. The second-order valence-electron chi connectivity index (χ2n) is 4.85. The van der Waals surface area contributed by atoms with Crippen LogP contribution in [0.5, 0.6) is 0 Å². The van der Waals surface area contributed by atoms with Crippen molar-refractivity contribution in [3.63, 3.8) is 0 Å². The van der Waals surface area contributed by atoms with E-state index in [1.807, 2.05) is 32.9 Å². The topological polar surface area (TPSA) is 29.1 Å². The maximum absolute atomic E-state index is 13.6. The van der Waals surface area contributed by atoms with Gasteiger partial charge in [0.1, 0.15) is 11.6 Å². The minimum absolute atomic E-state index is 0.175. The zero-order valence-corrected chi connectivity index (χ0v) is 11.6. The average molecular weight is 275 g/mol. The molecule has 0 spiro atoms. The largest absolute Gasteiger partial charge is 0.321 e. The van der Waals surface area contributed by atoms with E-state index in [4.69, 9.17) is 0 Å². The van der Waals surface area contributed by atoms with Crippen molar-refractivity contribution in [1.29, 1.82) is 0 Å². The second kappa shape index (κ2) is 5.41. The van der Waals surface area contributed by atoms with Crippen LogP contribution in [-0.2, 0) is 0 Å². The number of nitrogens with one attached hydrogen (secondary N) is 1. The van der Waals surface area contributed by atoms with Crippen LogP contribution < -0.4 is 5.32 Å². The fraction of sp³-hybridized carbons (Fsp3) is 0.188. The highest BCUT2D eigenvalue weighted by Gasteiger charge is 2.14. The Balaban J connectivity index is 2.33. The molecule has 2 aromatic rings. The quantitative estimate of drug-likeness (QED) is 0.876. The van der Waals surface area contributed by atoms with E-state index < -0.39 is 17.5 Å². The van der Waals surface area contributed by atoms with Crippen LogP contribution in [0.4, 0.5) is 14.5 Å². The molecule has 1 amide bonds. The van der Waals surface area contributed by atoms with Gasteiger partial charge in [-0.2, -0.15) is 0 Å². The maximum atomic E-state index is 13.6. The SMILES string of the molecule is Cc1cc(C)c(NC(=O)c2ccc(F)cc2F)c(C)c1. The van der Waals surface area contributed by atoms with Crippen LogP contribution in [0.3, 0.4) is 0 Å². The zero-order chi connectivity index (χ0) is 14.9. The molecule has 0 aromatic heterocycles. The predicted octanol–water partition coefficient (Wildman–Crippen LogP) is 4.14. The summed E-state index contributed by atoms with van der Waals surface area (Å²) in [6.07, 6.45) is 0. The van der Waals surface area contributed by atoms with Crippen molar-refractivity contribution < 1.29 is 13.6 Å². The molecule has 0 aliphatic heterocycles. The number of rotatable bonds is 2. The van der Waals surface area contributed by atoms with Crippen LogP contribution in [0, 0.1) is 32.4 Å². The molecule has 0 heterocycles. The van der Waals surface area contributed by atoms with Gasteiger partial charge in [0.15, 0.2) is 0 Å². The first-order valence-corrected chi connectivity index (χ1v) is 6.22. The third kappa shape index (κ3) is 2.85. The summed E-state index contributed by atoms with van der Waals surface area (Å²) in [5.74, 6) is -2.16. The van der Waals surface area contributed by atoms with E-state index in [-0.39, 0.29) is 5.56 Å². The number of aryl methyl sites for hydroxylation is 3. The molecule has 4 heteroatoms. The van der Waals surface area contributed by atoms with Gasteiger partial charge in [0.25, 0.3) is 5.91 Å². The molecule has 20 heavy (non-hydrogen) atoms. The monoisotopic (exact) mass is 275 g/mol. The van der Waals surface area contributed by atoms with E-state index in [0.29, 0.717) is 11.8 Å². The van der Waals surface area contributed by atoms with Crippen LogP contribution in [0.25, 0.3) is 0 Å². The summed E-state index contributed by atoms with van der Waals surface area (Å²) >= 11 is 0. The van der Waals surface area contributed by atoms with Crippen molar-refractivity contribution in [2.75, 3.05) is 5.32 Å². The van der Waals surface area contributed by atoms with Gasteiger partial charge < -0.3 is 5.32 Å². The highest BCUT2D eigenvalue weighted by molar-refractivity contribution is 6.05. The van der Waals surface area contributed by atoms with Gasteiger partial charge in [0, 0.05) is 11.8 Å². The molecule has 0 aliphatic carbocycles. The van der Waals surface area contributed by atoms with Gasteiger partial charge in [-0.1, -0.05) is 17.7 Å². The van der Waals surface area contributed by atoms with E-state index in [9.17, 15) is 13.6 Å². The number of carbonyl (C=O) groups excluding carboxylic acids is 1. The Morgan fingerprint density at radius 3 is 2.15 bits per heavy atom. The predicted molar refractivity (Wildman–Crippen MR) is 75.0 cm³/mol. The van der Waals surface area contributed by atoms with Crippen LogP contribution in [0.15, 0.2) is 30.3 Å². The third-order valence-corrected chi connectivity index (χ3v) is 3.09. The number of hydrogen-bond donors (Lipinski definition) is 1. The standard InChI is InChI=1S/C16H15F2NO/c1-9-6-10(2)15(11(3)7-9)19-16(20)13-5-4-12(17)8-14(13)18/h4-8H,1-3H3,(H,19,20). The summed E-state index contributed by atoms with van der Waals surface area (Å²) in [7, 11) is 0. The number of carbonyl (C=O) groups is 1. The van der Waals surface area contributed by atoms with Crippen molar-refractivity contribution in [3.8, 4) is 0 Å². The molecular formula is C16H15F2NO. The Labute approximate surface area is 116 Å². The molecule has 0 saturated carbocycles. The molecule has 0 atom stereocenters. The number of amides is 1. The highest BCUT2D eigenvalue weighted by atomic mass is 19.1. The van der Waals surface area contributed by atoms with Crippen LogP contribution >= 0.6 is 0 Å². The van der Waals surface area contributed by atoms with E-state index in [0.717, 1.165) is 28.8 Å². The molecule has 2 aromatic carbocycles. The van der Waals surface area contributed by atoms with Crippen molar-refractivity contribution in [1.82, 2.24) is 0 Å². The summed E-state index contributed by atoms with van der Waals surface area (Å²) in [4.78, 5) is 12.1. The lowest BCUT2D eigenvalue weighted by Crippen LogP contribution is -2.15. The Morgan fingerprint density at radius 2 is 1.60 bits per heavy atom. The fourth-order valence-electron chi connectivity index (χ4n) is 2.23. The first-order chi connectivity index (χ1) is 9.38. The van der Waals surface area contributed by atoms with Gasteiger partial charge in [-0.25, -0.2) is 8.78 Å². The van der Waals surface area contributed by atoms with Gasteiger partial charge in [0.2, 0.25) is 0 Å². The Morgan fingerprint density at radius 1 is 1.00 bits per heavy atom. The van der Waals surface area contributed by atoms with Crippen LogP contribution in [-0.4, -0.2) is 5.91 Å². The van der Waals surface area contributed by atoms with Crippen molar-refractivity contribution >= 4 is 11.6 Å². The van der Waals surface area contributed by atoms with Crippen molar-refractivity contribution in [3.05, 3.63) is 64.2 Å². The van der Waals surface area contributed by atoms with Crippen molar-refractivity contribution in [2.45, 2.75) is 20.8 Å². The lowest BCUT2D eigenvalue weighted by Gasteiger charge is -2.13. The molecular weight excluding hydrogens is 260 g/mol. The average Bonchev–Trinajstić information content (AvgIpc) is 2.33. The Kier molecular flexibility index (Phi) is 3.84. The summed E-state index contributed by atoms with van der Waals surface area (Å²) in [5.41, 5.74) is 3.37. The van der Waals surface area contributed by atoms with Gasteiger partial charge in [-0.3, -0.25) is 4.79 Å². The molecule has 0 aliphatic rings. The maximum Gasteiger partial charge on any atom is 0.258 e. The molecule has 104 valence electrons. The minimum atomic E-state index is -0.870. The lowest BCUT2D eigenvalue weighted by atomic mass is 10.0. The second-order valence-corrected chi connectivity index (χ2v) is 4.85. The van der Waals surface area contributed by atoms with Gasteiger partial charge in [-0.05, 0) is 44.0 Å². The highest BCUT2D eigenvalue weighted by Crippen LogP contribution is 2.23. The first kappa shape index (κ1) is 14.2. The Hall–Kier alpha value is -2.23. The molecule has 0 radical (unpaired) electrons. The number of anilines is 1. The number of halogens is 2. The molecule has 0 bridgehead atoms. The molecule has 2 rings (SSSR count). The van der Waals surface area contributed by atoms with Crippen molar-refractivity contribution in [2.24, 2.45) is 0 Å². The van der Waals surface area contributed by atoms with Gasteiger partial charge in [0.05, 0.1) is 5.56 Å². The number of hydrogen-bond acceptors (Lipinski definition) is 1. The fourth-order valence-corrected chi connectivity index (χ4v) is 2.23. The van der Waals surface area contributed by atoms with Crippen LogP contribution in [0.2, 0.25) is 0 Å². The van der Waals surface area contributed by atoms with E-state index in [1.54, 1.807) is 0 Å². The smallest absolute Gasteiger partial charge is 0.258 e. The van der Waals surface area contributed by atoms with Gasteiger partial charge >= 0.3 is 0 Å². The third-order valence-electron chi connectivity index (χ3n) is 3.09. The van der Waals surface area contributed by atoms with Crippen LogP contribution in [0.1, 0.15) is 27.0 Å². The normalized spacial score (nSPS) is 10.4. The Bertz CT molecular complexity index is 657. The molecule has 1 N–H and O–H groups in total. The minimum Gasteiger partial charge on any atom is -0.321 e. The molecule has 0 fully saturated rings.